The van der Waals surface area contributed by atoms with Gasteiger partial charge in [-0.2, -0.15) is 0 Å². The van der Waals surface area contributed by atoms with E-state index in [1.165, 1.54) is 4.90 Å². The van der Waals surface area contributed by atoms with E-state index in [1.54, 1.807) is 0 Å². The summed E-state index contributed by atoms with van der Waals surface area (Å²) in [7, 11) is 0. The van der Waals surface area contributed by atoms with Crippen LogP contribution in [0.25, 0.3) is 0 Å². The maximum atomic E-state index is 12.4. The number of para-hydroxylation sites is 1. The first kappa shape index (κ1) is 20.8. The van der Waals surface area contributed by atoms with Crippen LogP contribution in [0.3, 0.4) is 0 Å². The second-order valence-corrected chi connectivity index (χ2v) is 7.68. The number of imide groups is 1. The fourth-order valence-electron chi connectivity index (χ4n) is 4.07. The Bertz CT molecular complexity index is 778. The van der Waals surface area contributed by atoms with E-state index in [0.717, 1.165) is 36.8 Å². The number of carbonyl (C=O) groups is 4. The summed E-state index contributed by atoms with van der Waals surface area (Å²) in [6.45, 7) is 3.57. The van der Waals surface area contributed by atoms with Gasteiger partial charge in [-0.15, -0.1) is 0 Å². The number of aryl methyl sites for hydroxylation is 2. The molecule has 156 valence electrons. The highest BCUT2D eigenvalue weighted by molar-refractivity contribution is 6.05. The Morgan fingerprint density at radius 2 is 1.55 bits per heavy atom. The highest BCUT2D eigenvalue weighted by atomic mass is 16.5. The van der Waals surface area contributed by atoms with Crippen molar-refractivity contribution >= 4 is 23.6 Å². The molecule has 1 saturated heterocycles. The van der Waals surface area contributed by atoms with Gasteiger partial charge in [0.2, 0.25) is 17.7 Å². The number of hydrogen-bond acceptors (Lipinski definition) is 5. The average molecular weight is 401 g/mol. The third kappa shape index (κ3) is 4.75. The molecule has 2 aliphatic rings. The van der Waals surface area contributed by atoms with Gasteiger partial charge < -0.3 is 4.74 Å². The molecule has 4 amide bonds. The summed E-state index contributed by atoms with van der Waals surface area (Å²) in [6.07, 6.45) is 3.35. The molecule has 0 spiro atoms. The lowest BCUT2D eigenvalue weighted by atomic mass is 9.81. The molecule has 0 bridgehead atoms. The number of benzene rings is 1. The van der Waals surface area contributed by atoms with E-state index >= 15 is 0 Å². The van der Waals surface area contributed by atoms with Gasteiger partial charge in [-0.25, -0.2) is 0 Å². The first-order valence-corrected chi connectivity index (χ1v) is 10.0. The Kier molecular flexibility index (Phi) is 6.51. The molecule has 2 N–H and O–H groups in total. The number of hydrazine groups is 1. The predicted octanol–water partition coefficient (Wildman–Crippen LogP) is 1.39. The number of likely N-dealkylation sites (tertiary alicyclic amines) is 1. The SMILES string of the molecule is Cc1cccc(C)c1OCC(=O)NNC(=O)CCN1C(=O)[C@H]2CCCC[C@@H]2C1=O. The van der Waals surface area contributed by atoms with E-state index in [2.05, 4.69) is 10.9 Å². The number of rotatable bonds is 6. The molecule has 8 heteroatoms. The fraction of sp³-hybridized carbons (Fsp3) is 0.524. The van der Waals surface area contributed by atoms with Crippen LogP contribution >= 0.6 is 0 Å². The molecule has 1 heterocycles. The number of carbonyl (C=O) groups excluding carboxylic acids is 4. The third-order valence-corrected chi connectivity index (χ3v) is 5.59. The van der Waals surface area contributed by atoms with Crippen LogP contribution in [0.2, 0.25) is 0 Å². The highest BCUT2D eigenvalue weighted by Crippen LogP contribution is 2.37. The molecule has 1 aliphatic heterocycles. The Hall–Kier alpha value is -2.90. The van der Waals surface area contributed by atoms with Crippen LogP contribution in [0.1, 0.15) is 43.2 Å². The molecule has 0 aromatic heterocycles. The van der Waals surface area contributed by atoms with Gasteiger partial charge in [0.1, 0.15) is 5.75 Å². The van der Waals surface area contributed by atoms with Crippen molar-refractivity contribution < 1.29 is 23.9 Å². The average Bonchev–Trinajstić information content (AvgIpc) is 2.95. The quantitative estimate of drug-likeness (QED) is 0.554. The van der Waals surface area contributed by atoms with Gasteiger partial charge in [-0.1, -0.05) is 31.0 Å². The van der Waals surface area contributed by atoms with E-state index < -0.39 is 11.8 Å². The highest BCUT2D eigenvalue weighted by Gasteiger charge is 2.47. The van der Waals surface area contributed by atoms with Crippen LogP contribution < -0.4 is 15.6 Å². The lowest BCUT2D eigenvalue weighted by molar-refractivity contribution is -0.140. The molecule has 2 atom stereocenters. The summed E-state index contributed by atoms with van der Waals surface area (Å²) in [4.78, 5) is 49.9. The van der Waals surface area contributed by atoms with Crippen molar-refractivity contribution in [3.8, 4) is 5.75 Å². The standard InChI is InChI=1S/C21H27N3O5/c1-13-6-5-7-14(2)19(13)29-12-18(26)23-22-17(25)10-11-24-20(27)15-8-3-4-9-16(15)21(24)28/h5-7,15-16H,3-4,8-12H2,1-2H3,(H,22,25)(H,23,26)/t15-,16-/m0/s1. The van der Waals surface area contributed by atoms with E-state index in [0.29, 0.717) is 5.75 Å². The monoisotopic (exact) mass is 401 g/mol. The maximum Gasteiger partial charge on any atom is 0.276 e. The van der Waals surface area contributed by atoms with Crippen LogP contribution in [-0.2, 0) is 19.2 Å². The number of nitrogens with one attached hydrogen (secondary N) is 2. The Morgan fingerprint density at radius 3 is 2.14 bits per heavy atom. The smallest absolute Gasteiger partial charge is 0.276 e. The number of fused-ring (bicyclic) bond motifs is 1. The van der Waals surface area contributed by atoms with E-state index in [1.807, 2.05) is 32.0 Å². The van der Waals surface area contributed by atoms with E-state index in [4.69, 9.17) is 4.74 Å². The molecular weight excluding hydrogens is 374 g/mol. The molecule has 8 nitrogen and oxygen atoms in total. The Balaban J connectivity index is 1.40. The van der Waals surface area contributed by atoms with Crippen LogP contribution in [0.15, 0.2) is 18.2 Å². The zero-order chi connectivity index (χ0) is 21.0. The first-order valence-electron chi connectivity index (χ1n) is 10.0. The van der Waals surface area contributed by atoms with Gasteiger partial charge in [0.15, 0.2) is 6.61 Å². The Labute approximate surface area is 169 Å². The van der Waals surface area contributed by atoms with E-state index in [-0.39, 0.29) is 43.2 Å². The van der Waals surface area contributed by atoms with Gasteiger partial charge in [0.25, 0.3) is 5.91 Å². The minimum absolute atomic E-state index is 0.0330. The lowest BCUT2D eigenvalue weighted by Crippen LogP contribution is -2.45. The number of nitrogens with zero attached hydrogens (tertiary/aromatic N) is 1. The van der Waals surface area contributed by atoms with Crippen molar-refractivity contribution in [3.05, 3.63) is 29.3 Å². The van der Waals surface area contributed by atoms with Crippen molar-refractivity contribution in [1.82, 2.24) is 15.8 Å². The van der Waals surface area contributed by atoms with Crippen molar-refractivity contribution in [3.63, 3.8) is 0 Å². The molecule has 29 heavy (non-hydrogen) atoms. The van der Waals surface area contributed by atoms with Crippen molar-refractivity contribution in [2.24, 2.45) is 11.8 Å². The predicted molar refractivity (Wildman–Crippen MR) is 104 cm³/mol. The van der Waals surface area contributed by atoms with Crippen molar-refractivity contribution in [2.45, 2.75) is 46.0 Å². The fourth-order valence-corrected chi connectivity index (χ4v) is 4.07. The summed E-state index contributed by atoms with van der Waals surface area (Å²) in [5.41, 5.74) is 6.42. The number of ether oxygens (including phenoxy) is 1. The van der Waals surface area contributed by atoms with Crippen LogP contribution in [0, 0.1) is 25.7 Å². The summed E-state index contributed by atoms with van der Waals surface area (Å²) >= 11 is 0. The molecule has 1 aromatic rings. The second kappa shape index (κ2) is 9.07. The number of hydrogen-bond donors (Lipinski definition) is 2. The zero-order valence-electron chi connectivity index (χ0n) is 16.8. The molecule has 0 unspecified atom stereocenters. The summed E-state index contributed by atoms with van der Waals surface area (Å²) < 4.78 is 5.52. The normalized spacial score (nSPS) is 21.0. The largest absolute Gasteiger partial charge is 0.483 e. The van der Waals surface area contributed by atoms with Gasteiger partial charge in [-0.3, -0.25) is 34.9 Å². The molecule has 1 aromatic carbocycles. The molecule has 1 aliphatic carbocycles. The van der Waals surface area contributed by atoms with Crippen LogP contribution in [-0.4, -0.2) is 41.7 Å². The van der Waals surface area contributed by atoms with Gasteiger partial charge in [0.05, 0.1) is 11.8 Å². The Morgan fingerprint density at radius 1 is 1.00 bits per heavy atom. The van der Waals surface area contributed by atoms with Crippen molar-refractivity contribution in [2.75, 3.05) is 13.2 Å². The molecule has 0 radical (unpaired) electrons. The lowest BCUT2D eigenvalue weighted by Gasteiger charge is -2.19. The van der Waals surface area contributed by atoms with Gasteiger partial charge in [-0.05, 0) is 37.8 Å². The summed E-state index contributed by atoms with van der Waals surface area (Å²) in [5.74, 6) is -1.11. The molecule has 3 rings (SSSR count). The summed E-state index contributed by atoms with van der Waals surface area (Å²) in [5, 5.41) is 0. The van der Waals surface area contributed by atoms with Gasteiger partial charge in [0, 0.05) is 13.0 Å². The molecule has 2 fully saturated rings. The topological polar surface area (TPSA) is 105 Å². The third-order valence-electron chi connectivity index (χ3n) is 5.59. The van der Waals surface area contributed by atoms with Gasteiger partial charge >= 0.3 is 0 Å². The minimum Gasteiger partial charge on any atom is -0.483 e. The van der Waals surface area contributed by atoms with Crippen LogP contribution in [0.4, 0.5) is 0 Å². The maximum absolute atomic E-state index is 12.4. The van der Waals surface area contributed by atoms with Crippen LogP contribution in [0.5, 0.6) is 5.75 Å². The molecular formula is C21H27N3O5. The van der Waals surface area contributed by atoms with E-state index in [9.17, 15) is 19.2 Å². The first-order chi connectivity index (χ1) is 13.9. The molecule has 1 saturated carbocycles. The number of amides is 4. The zero-order valence-corrected chi connectivity index (χ0v) is 16.8. The summed E-state index contributed by atoms with van der Waals surface area (Å²) in [6, 6.07) is 5.68. The van der Waals surface area contributed by atoms with Crippen molar-refractivity contribution in [1.29, 1.82) is 0 Å². The second-order valence-electron chi connectivity index (χ2n) is 7.68. The minimum atomic E-state index is -0.500.